The summed E-state index contributed by atoms with van der Waals surface area (Å²) in [6, 6.07) is 2.74. The standard InChI is InChI=1S/C11H17N3O3/c1-7(15)9(12)6-14-10-5-8(3-4-13-10)11(16)17-2/h3-5,7,9,15H,6,12H2,1-2H3,(H,13,14). The summed E-state index contributed by atoms with van der Waals surface area (Å²) in [6.07, 6.45) is 0.897. The van der Waals surface area contributed by atoms with E-state index in [-0.39, 0.29) is 0 Å². The molecule has 1 heterocycles. The summed E-state index contributed by atoms with van der Waals surface area (Å²) in [4.78, 5) is 15.3. The molecule has 0 aliphatic heterocycles. The highest BCUT2D eigenvalue weighted by atomic mass is 16.5. The van der Waals surface area contributed by atoms with Gasteiger partial charge in [0.15, 0.2) is 0 Å². The van der Waals surface area contributed by atoms with Crippen LogP contribution in [0, 0.1) is 0 Å². The summed E-state index contributed by atoms with van der Waals surface area (Å²) < 4.78 is 4.60. The first kappa shape index (κ1) is 13.4. The second kappa shape index (κ2) is 6.17. The maximum atomic E-state index is 11.3. The topological polar surface area (TPSA) is 97.5 Å². The second-order valence-electron chi connectivity index (χ2n) is 3.71. The van der Waals surface area contributed by atoms with Gasteiger partial charge in [-0.3, -0.25) is 0 Å². The van der Waals surface area contributed by atoms with E-state index in [9.17, 15) is 9.90 Å². The number of rotatable bonds is 5. The smallest absolute Gasteiger partial charge is 0.338 e. The zero-order chi connectivity index (χ0) is 12.8. The number of aliphatic hydroxyl groups is 1. The molecule has 1 rings (SSSR count). The summed E-state index contributed by atoms with van der Waals surface area (Å²) in [6.45, 7) is 1.99. The lowest BCUT2D eigenvalue weighted by Crippen LogP contribution is -2.38. The van der Waals surface area contributed by atoms with Crippen LogP contribution < -0.4 is 11.1 Å². The fraction of sp³-hybridized carbons (Fsp3) is 0.455. The zero-order valence-corrected chi connectivity index (χ0v) is 9.88. The molecule has 0 fully saturated rings. The van der Waals surface area contributed by atoms with Crippen molar-refractivity contribution in [2.75, 3.05) is 19.0 Å². The van der Waals surface area contributed by atoms with Gasteiger partial charge in [0.05, 0.1) is 18.8 Å². The first-order valence-electron chi connectivity index (χ1n) is 5.26. The molecule has 0 saturated heterocycles. The largest absolute Gasteiger partial charge is 0.465 e. The van der Waals surface area contributed by atoms with Crippen LogP contribution in [-0.4, -0.2) is 41.9 Å². The average molecular weight is 239 g/mol. The van der Waals surface area contributed by atoms with Gasteiger partial charge in [0.25, 0.3) is 0 Å². The number of pyridine rings is 1. The molecule has 1 aromatic rings. The number of esters is 1. The molecular formula is C11H17N3O3. The van der Waals surface area contributed by atoms with Crippen molar-refractivity contribution in [3.63, 3.8) is 0 Å². The number of nitrogens with two attached hydrogens (primary N) is 1. The van der Waals surface area contributed by atoms with Crippen molar-refractivity contribution in [3.8, 4) is 0 Å². The number of nitrogens with one attached hydrogen (secondary N) is 1. The zero-order valence-electron chi connectivity index (χ0n) is 9.88. The van der Waals surface area contributed by atoms with Crippen LogP contribution in [0.25, 0.3) is 0 Å². The summed E-state index contributed by atoms with van der Waals surface area (Å²) in [7, 11) is 1.32. The molecule has 94 valence electrons. The summed E-state index contributed by atoms with van der Waals surface area (Å²) in [5.41, 5.74) is 6.07. The van der Waals surface area contributed by atoms with E-state index >= 15 is 0 Å². The van der Waals surface area contributed by atoms with Crippen LogP contribution >= 0.6 is 0 Å². The predicted molar refractivity (Wildman–Crippen MR) is 63.7 cm³/mol. The maximum absolute atomic E-state index is 11.3. The Morgan fingerprint density at radius 1 is 1.71 bits per heavy atom. The monoisotopic (exact) mass is 239 g/mol. The molecule has 6 nitrogen and oxygen atoms in total. The Morgan fingerprint density at radius 2 is 2.41 bits per heavy atom. The Bertz CT molecular complexity index is 382. The van der Waals surface area contributed by atoms with Gasteiger partial charge in [-0.15, -0.1) is 0 Å². The minimum absolute atomic E-state index is 0.370. The molecule has 0 saturated carbocycles. The molecule has 0 spiro atoms. The second-order valence-corrected chi connectivity index (χ2v) is 3.71. The van der Waals surface area contributed by atoms with Gasteiger partial charge < -0.3 is 20.9 Å². The van der Waals surface area contributed by atoms with Crippen molar-refractivity contribution in [2.45, 2.75) is 19.1 Å². The quantitative estimate of drug-likeness (QED) is 0.625. The van der Waals surface area contributed by atoms with E-state index < -0.39 is 18.1 Å². The van der Waals surface area contributed by atoms with Crippen molar-refractivity contribution < 1.29 is 14.6 Å². The lowest BCUT2D eigenvalue weighted by Gasteiger charge is -2.15. The first-order chi connectivity index (χ1) is 8.04. The van der Waals surface area contributed by atoms with E-state index in [1.165, 1.54) is 13.3 Å². The Balaban J connectivity index is 2.63. The van der Waals surface area contributed by atoms with Gasteiger partial charge in [-0.25, -0.2) is 9.78 Å². The maximum Gasteiger partial charge on any atom is 0.338 e. The lowest BCUT2D eigenvalue weighted by atomic mass is 10.2. The molecule has 0 amide bonds. The molecule has 0 aliphatic rings. The third kappa shape index (κ3) is 4.01. The third-order valence-electron chi connectivity index (χ3n) is 2.32. The van der Waals surface area contributed by atoms with Gasteiger partial charge in [-0.1, -0.05) is 0 Å². The predicted octanol–water partition coefficient (Wildman–Crippen LogP) is -0.0118. The van der Waals surface area contributed by atoms with Crippen molar-refractivity contribution in [3.05, 3.63) is 23.9 Å². The van der Waals surface area contributed by atoms with Gasteiger partial charge in [-0.2, -0.15) is 0 Å². The molecule has 4 N–H and O–H groups in total. The number of aliphatic hydroxyl groups excluding tert-OH is 1. The molecule has 0 aliphatic carbocycles. The number of aromatic nitrogens is 1. The lowest BCUT2D eigenvalue weighted by molar-refractivity contribution is 0.0600. The van der Waals surface area contributed by atoms with E-state index in [1.54, 1.807) is 19.1 Å². The van der Waals surface area contributed by atoms with E-state index in [2.05, 4.69) is 15.0 Å². The summed E-state index contributed by atoms with van der Waals surface area (Å²) in [5.74, 6) is 0.0966. The number of carbonyl (C=O) groups is 1. The van der Waals surface area contributed by atoms with Crippen molar-refractivity contribution in [1.29, 1.82) is 0 Å². The molecule has 6 heteroatoms. The highest BCUT2D eigenvalue weighted by molar-refractivity contribution is 5.89. The molecule has 0 aromatic carbocycles. The van der Waals surface area contributed by atoms with Crippen LogP contribution in [-0.2, 0) is 4.74 Å². The van der Waals surface area contributed by atoms with Crippen molar-refractivity contribution in [1.82, 2.24) is 4.98 Å². The Labute approximate surface area is 99.8 Å². The van der Waals surface area contributed by atoms with Crippen LogP contribution in [0.4, 0.5) is 5.82 Å². The average Bonchev–Trinajstić information content (AvgIpc) is 2.35. The number of hydrogen-bond acceptors (Lipinski definition) is 6. The highest BCUT2D eigenvalue weighted by Crippen LogP contribution is 2.08. The SMILES string of the molecule is COC(=O)c1ccnc(NCC(N)C(C)O)c1. The van der Waals surface area contributed by atoms with Crippen LogP contribution in [0.1, 0.15) is 17.3 Å². The first-order valence-corrected chi connectivity index (χ1v) is 5.26. The Morgan fingerprint density at radius 3 is 3.00 bits per heavy atom. The number of anilines is 1. The fourth-order valence-electron chi connectivity index (χ4n) is 1.17. The van der Waals surface area contributed by atoms with E-state index in [4.69, 9.17) is 5.73 Å². The summed E-state index contributed by atoms with van der Waals surface area (Å²) in [5, 5.41) is 12.2. The van der Waals surface area contributed by atoms with Crippen molar-refractivity contribution in [2.24, 2.45) is 5.73 Å². The van der Waals surface area contributed by atoms with Crippen LogP contribution in [0.5, 0.6) is 0 Å². The van der Waals surface area contributed by atoms with E-state index in [0.717, 1.165) is 0 Å². The Kier molecular flexibility index (Phi) is 4.86. The normalized spacial score (nSPS) is 13.9. The third-order valence-corrected chi connectivity index (χ3v) is 2.32. The number of carbonyl (C=O) groups excluding carboxylic acids is 1. The molecule has 2 atom stereocenters. The minimum Gasteiger partial charge on any atom is -0.465 e. The molecule has 2 unspecified atom stereocenters. The summed E-state index contributed by atoms with van der Waals surface area (Å²) >= 11 is 0. The molecular weight excluding hydrogens is 222 g/mol. The van der Waals surface area contributed by atoms with Gasteiger partial charge >= 0.3 is 5.97 Å². The number of methoxy groups -OCH3 is 1. The Hall–Kier alpha value is -1.66. The van der Waals surface area contributed by atoms with Crippen LogP contribution in [0.15, 0.2) is 18.3 Å². The number of ether oxygens (including phenoxy) is 1. The van der Waals surface area contributed by atoms with Gasteiger partial charge in [0.2, 0.25) is 0 Å². The number of nitrogens with zero attached hydrogens (tertiary/aromatic N) is 1. The molecule has 0 bridgehead atoms. The highest BCUT2D eigenvalue weighted by Gasteiger charge is 2.10. The fourth-order valence-corrected chi connectivity index (χ4v) is 1.17. The van der Waals surface area contributed by atoms with Crippen LogP contribution in [0.2, 0.25) is 0 Å². The van der Waals surface area contributed by atoms with E-state index in [0.29, 0.717) is 17.9 Å². The van der Waals surface area contributed by atoms with Gasteiger partial charge in [0.1, 0.15) is 5.82 Å². The van der Waals surface area contributed by atoms with E-state index in [1.807, 2.05) is 0 Å². The molecule has 17 heavy (non-hydrogen) atoms. The van der Waals surface area contributed by atoms with Gasteiger partial charge in [-0.05, 0) is 19.1 Å². The number of hydrogen-bond donors (Lipinski definition) is 3. The van der Waals surface area contributed by atoms with Crippen LogP contribution in [0.3, 0.4) is 0 Å². The van der Waals surface area contributed by atoms with Gasteiger partial charge in [0, 0.05) is 18.8 Å². The molecule has 0 radical (unpaired) electrons. The van der Waals surface area contributed by atoms with Crippen molar-refractivity contribution >= 4 is 11.8 Å². The minimum atomic E-state index is -0.605. The molecule has 1 aromatic heterocycles.